The highest BCUT2D eigenvalue weighted by atomic mass is 32.1. The highest BCUT2D eigenvalue weighted by Gasteiger charge is 2.26. The summed E-state index contributed by atoms with van der Waals surface area (Å²) >= 11 is 1.79. The Hall–Kier alpha value is -1.85. The second-order valence-corrected chi connectivity index (χ2v) is 7.63. The molecule has 25 heavy (non-hydrogen) atoms. The van der Waals surface area contributed by atoms with Crippen LogP contribution in [-0.2, 0) is 19.6 Å². The molecule has 2 heterocycles. The molecule has 0 aliphatic carbocycles. The molecule has 1 fully saturated rings. The van der Waals surface area contributed by atoms with Gasteiger partial charge in [0, 0.05) is 24.0 Å². The molecular weight excluding hydrogens is 332 g/mol. The molecule has 0 bridgehead atoms. The molecule has 1 saturated heterocycles. The lowest BCUT2D eigenvalue weighted by Crippen LogP contribution is -2.48. The Balaban J connectivity index is 1.54. The molecule has 2 amide bonds. The van der Waals surface area contributed by atoms with Crippen molar-refractivity contribution in [2.45, 2.75) is 51.3 Å². The quantitative estimate of drug-likeness (QED) is 0.822. The van der Waals surface area contributed by atoms with Crippen molar-refractivity contribution in [2.24, 2.45) is 0 Å². The van der Waals surface area contributed by atoms with Crippen molar-refractivity contribution in [3.63, 3.8) is 0 Å². The predicted octanol–water partition coefficient (Wildman–Crippen LogP) is 3.94. The summed E-state index contributed by atoms with van der Waals surface area (Å²) in [7, 11) is 0. The number of hydrogen-bond acceptors (Lipinski definition) is 3. The van der Waals surface area contributed by atoms with Gasteiger partial charge in [-0.15, -0.1) is 11.3 Å². The van der Waals surface area contributed by atoms with E-state index in [2.05, 4.69) is 22.8 Å². The summed E-state index contributed by atoms with van der Waals surface area (Å²) in [4.78, 5) is 16.1. The minimum absolute atomic E-state index is 0.0265. The molecule has 0 radical (unpaired) electrons. The zero-order chi connectivity index (χ0) is 17.5. The molecule has 4 nitrogen and oxygen atoms in total. The van der Waals surface area contributed by atoms with Crippen LogP contribution in [0.3, 0.4) is 0 Å². The molecule has 1 unspecified atom stereocenters. The number of amides is 2. The Labute approximate surface area is 153 Å². The van der Waals surface area contributed by atoms with Gasteiger partial charge in [-0.25, -0.2) is 4.79 Å². The first-order valence-corrected chi connectivity index (χ1v) is 9.90. The summed E-state index contributed by atoms with van der Waals surface area (Å²) in [5, 5.41) is 14.4. The van der Waals surface area contributed by atoms with Gasteiger partial charge < -0.3 is 15.3 Å². The van der Waals surface area contributed by atoms with Crippen LogP contribution in [0.2, 0.25) is 0 Å². The van der Waals surface area contributed by atoms with Crippen LogP contribution in [0, 0.1) is 0 Å². The largest absolute Gasteiger partial charge is 0.392 e. The number of likely N-dealkylation sites (tertiary alicyclic amines) is 1. The molecular formula is C20H26N2O2S. The van der Waals surface area contributed by atoms with Crippen LogP contribution in [0.4, 0.5) is 4.79 Å². The van der Waals surface area contributed by atoms with E-state index in [1.807, 2.05) is 29.2 Å². The lowest BCUT2D eigenvalue weighted by Gasteiger charge is -2.35. The summed E-state index contributed by atoms with van der Waals surface area (Å²) in [6.07, 6.45) is 5.47. The summed E-state index contributed by atoms with van der Waals surface area (Å²) in [6, 6.07) is 12.3. The third kappa shape index (κ3) is 5.06. The maximum atomic E-state index is 12.7. The smallest absolute Gasteiger partial charge is 0.317 e. The van der Waals surface area contributed by atoms with Gasteiger partial charge in [-0.1, -0.05) is 30.3 Å². The van der Waals surface area contributed by atoms with Gasteiger partial charge in [-0.05, 0) is 54.7 Å². The average Bonchev–Trinajstić information content (AvgIpc) is 3.18. The first-order valence-electron chi connectivity index (χ1n) is 9.02. The number of urea groups is 1. The summed E-state index contributed by atoms with van der Waals surface area (Å²) in [5.41, 5.74) is 1.89. The zero-order valence-electron chi connectivity index (χ0n) is 14.5. The maximum absolute atomic E-state index is 12.7. The SMILES string of the molecule is O=C(NCc1cccc(CO)c1)N1CCCCC1CCc1cccs1. The summed E-state index contributed by atoms with van der Waals surface area (Å²) in [6.45, 7) is 1.37. The molecule has 0 spiro atoms. The molecule has 0 saturated carbocycles. The summed E-state index contributed by atoms with van der Waals surface area (Å²) < 4.78 is 0. The van der Waals surface area contributed by atoms with E-state index in [1.54, 1.807) is 11.3 Å². The molecule has 5 heteroatoms. The lowest BCUT2D eigenvalue weighted by atomic mass is 9.98. The van der Waals surface area contributed by atoms with E-state index >= 15 is 0 Å². The van der Waals surface area contributed by atoms with Crippen LogP contribution in [0.1, 0.15) is 41.7 Å². The van der Waals surface area contributed by atoms with Crippen molar-refractivity contribution in [1.29, 1.82) is 0 Å². The molecule has 2 aromatic rings. The number of carbonyl (C=O) groups is 1. The van der Waals surface area contributed by atoms with Crippen molar-refractivity contribution in [3.05, 3.63) is 57.8 Å². The Kier molecular flexibility index (Phi) is 6.48. The van der Waals surface area contributed by atoms with Crippen LogP contribution in [0.15, 0.2) is 41.8 Å². The molecule has 2 N–H and O–H groups in total. The van der Waals surface area contributed by atoms with E-state index in [0.717, 1.165) is 43.4 Å². The number of nitrogens with zero attached hydrogens (tertiary/aromatic N) is 1. The monoisotopic (exact) mass is 358 g/mol. The topological polar surface area (TPSA) is 52.6 Å². The standard InChI is InChI=1S/C20H26N2O2S/c23-15-17-6-3-5-16(13-17)14-21-20(24)22-11-2-1-7-18(22)9-10-19-8-4-12-25-19/h3-6,8,12-13,18,23H,1-2,7,9-11,14-15H2,(H,21,24). The number of aliphatic hydroxyl groups is 1. The van der Waals surface area contributed by atoms with E-state index in [9.17, 15) is 9.90 Å². The van der Waals surface area contributed by atoms with E-state index in [4.69, 9.17) is 0 Å². The van der Waals surface area contributed by atoms with Crippen LogP contribution in [0.5, 0.6) is 0 Å². The minimum Gasteiger partial charge on any atom is -0.392 e. The third-order valence-electron chi connectivity index (χ3n) is 4.81. The molecule has 1 atom stereocenters. The normalized spacial score (nSPS) is 17.5. The Bertz CT molecular complexity index is 672. The number of rotatable bonds is 6. The van der Waals surface area contributed by atoms with Crippen molar-refractivity contribution >= 4 is 17.4 Å². The first-order chi connectivity index (χ1) is 12.3. The number of thiophene rings is 1. The van der Waals surface area contributed by atoms with E-state index in [-0.39, 0.29) is 12.6 Å². The molecule has 1 aliphatic heterocycles. The van der Waals surface area contributed by atoms with Crippen LogP contribution in [-0.4, -0.2) is 28.6 Å². The molecule has 1 aliphatic rings. The van der Waals surface area contributed by atoms with Gasteiger partial charge in [0.15, 0.2) is 0 Å². The van der Waals surface area contributed by atoms with Gasteiger partial charge in [0.05, 0.1) is 6.61 Å². The fourth-order valence-corrected chi connectivity index (χ4v) is 4.17. The number of aliphatic hydroxyl groups excluding tert-OH is 1. The molecule has 3 rings (SSSR count). The second kappa shape index (κ2) is 9.02. The maximum Gasteiger partial charge on any atom is 0.317 e. The number of carbonyl (C=O) groups excluding carboxylic acids is 1. The molecule has 1 aromatic carbocycles. The minimum atomic E-state index is 0.0265. The van der Waals surface area contributed by atoms with Crippen molar-refractivity contribution < 1.29 is 9.90 Å². The predicted molar refractivity (Wildman–Crippen MR) is 102 cm³/mol. The third-order valence-corrected chi connectivity index (χ3v) is 5.75. The van der Waals surface area contributed by atoms with Crippen molar-refractivity contribution in [1.82, 2.24) is 10.2 Å². The summed E-state index contributed by atoms with van der Waals surface area (Å²) in [5.74, 6) is 0. The van der Waals surface area contributed by atoms with Gasteiger partial charge in [0.1, 0.15) is 0 Å². The zero-order valence-corrected chi connectivity index (χ0v) is 15.3. The fraction of sp³-hybridized carbons (Fsp3) is 0.450. The van der Waals surface area contributed by atoms with E-state index < -0.39 is 0 Å². The number of nitrogens with one attached hydrogen (secondary N) is 1. The Morgan fingerprint density at radius 2 is 2.12 bits per heavy atom. The average molecular weight is 359 g/mol. The number of hydrogen-bond donors (Lipinski definition) is 2. The van der Waals surface area contributed by atoms with E-state index in [1.165, 1.54) is 11.3 Å². The van der Waals surface area contributed by atoms with Crippen molar-refractivity contribution in [3.8, 4) is 0 Å². The van der Waals surface area contributed by atoms with Gasteiger partial charge in [0.25, 0.3) is 0 Å². The van der Waals surface area contributed by atoms with Crippen LogP contribution in [0.25, 0.3) is 0 Å². The first kappa shape index (κ1) is 18.0. The Morgan fingerprint density at radius 1 is 1.24 bits per heavy atom. The number of aryl methyl sites for hydroxylation is 1. The fourth-order valence-electron chi connectivity index (χ4n) is 3.45. The number of benzene rings is 1. The van der Waals surface area contributed by atoms with Crippen molar-refractivity contribution in [2.75, 3.05) is 6.54 Å². The molecule has 1 aromatic heterocycles. The van der Waals surface area contributed by atoms with Gasteiger partial charge in [-0.3, -0.25) is 0 Å². The van der Waals surface area contributed by atoms with Gasteiger partial charge in [-0.2, -0.15) is 0 Å². The van der Waals surface area contributed by atoms with E-state index in [0.29, 0.717) is 12.6 Å². The van der Waals surface area contributed by atoms with Gasteiger partial charge in [0.2, 0.25) is 0 Å². The molecule has 134 valence electrons. The van der Waals surface area contributed by atoms with Crippen LogP contribution < -0.4 is 5.32 Å². The van der Waals surface area contributed by atoms with Gasteiger partial charge >= 0.3 is 6.03 Å². The highest BCUT2D eigenvalue weighted by Crippen LogP contribution is 2.23. The second-order valence-electron chi connectivity index (χ2n) is 6.60. The highest BCUT2D eigenvalue weighted by molar-refractivity contribution is 7.09. The Morgan fingerprint density at radius 3 is 2.92 bits per heavy atom. The lowest BCUT2D eigenvalue weighted by molar-refractivity contribution is 0.146. The number of piperidine rings is 1. The van der Waals surface area contributed by atoms with Crippen LogP contribution >= 0.6 is 11.3 Å².